The molecule has 0 radical (unpaired) electrons. The van der Waals surface area contributed by atoms with E-state index in [4.69, 9.17) is 0 Å². The van der Waals surface area contributed by atoms with Crippen molar-refractivity contribution >= 4 is 11.9 Å². The van der Waals surface area contributed by atoms with Crippen LogP contribution in [0.15, 0.2) is 36.7 Å². The molecule has 0 fully saturated rings. The number of carbonyl (C=O) groups excluding carboxylic acids is 1. The molecule has 0 aliphatic heterocycles. The second kappa shape index (κ2) is 4.43. The molecule has 1 aromatic heterocycles. The Bertz CT molecular complexity index is 503. The van der Waals surface area contributed by atoms with Crippen LogP contribution < -0.4 is 5.32 Å². The molecule has 6 heteroatoms. The summed E-state index contributed by atoms with van der Waals surface area (Å²) in [6.45, 7) is 0. The number of anilines is 1. The average Bonchev–Trinajstić information content (AvgIpc) is 2.31. The maximum Gasteiger partial charge on any atom is 0.261 e. The van der Waals surface area contributed by atoms with Crippen LogP contribution in [0.1, 0.15) is 10.4 Å². The van der Waals surface area contributed by atoms with Crippen molar-refractivity contribution in [2.75, 3.05) is 5.32 Å². The molecule has 0 bridgehead atoms. The lowest BCUT2D eigenvalue weighted by Gasteiger charge is -2.02. The van der Waals surface area contributed by atoms with E-state index in [1.165, 1.54) is 30.6 Å². The van der Waals surface area contributed by atoms with Crippen molar-refractivity contribution in [2.24, 2.45) is 0 Å². The number of hydrogen-bond donors (Lipinski definition) is 1. The highest BCUT2D eigenvalue weighted by Gasteiger charge is 2.11. The third kappa shape index (κ3) is 2.17. The van der Waals surface area contributed by atoms with Crippen molar-refractivity contribution < 1.29 is 9.18 Å². The molecule has 1 aromatic carbocycles. The van der Waals surface area contributed by atoms with E-state index in [-0.39, 0.29) is 11.5 Å². The van der Waals surface area contributed by atoms with Crippen LogP contribution >= 0.6 is 0 Å². The summed E-state index contributed by atoms with van der Waals surface area (Å²) in [5.41, 5.74) is -0.0602. The Morgan fingerprint density at radius 3 is 2.75 bits per heavy atom. The van der Waals surface area contributed by atoms with E-state index < -0.39 is 11.7 Å². The minimum absolute atomic E-state index is 0.0377. The van der Waals surface area contributed by atoms with Crippen molar-refractivity contribution in [3.63, 3.8) is 0 Å². The zero-order valence-electron chi connectivity index (χ0n) is 8.09. The first kappa shape index (κ1) is 10.2. The third-order valence-corrected chi connectivity index (χ3v) is 1.83. The van der Waals surface area contributed by atoms with Crippen molar-refractivity contribution in [2.45, 2.75) is 0 Å². The predicted octanol–water partition coefficient (Wildman–Crippen LogP) is 1.26. The summed E-state index contributed by atoms with van der Waals surface area (Å²) < 4.78 is 13.2. The Kier molecular flexibility index (Phi) is 2.81. The standard InChI is InChI=1S/C10H7FN4O/c11-8-4-2-1-3-7(8)9(16)14-10-12-5-6-13-15-10/h1-6H,(H,12,14,15,16). The van der Waals surface area contributed by atoms with Crippen molar-refractivity contribution in [1.82, 2.24) is 15.2 Å². The highest BCUT2D eigenvalue weighted by molar-refractivity contribution is 6.03. The number of nitrogens with zero attached hydrogens (tertiary/aromatic N) is 3. The topological polar surface area (TPSA) is 67.8 Å². The fourth-order valence-electron chi connectivity index (χ4n) is 1.12. The van der Waals surface area contributed by atoms with Crippen LogP contribution in [0.3, 0.4) is 0 Å². The molecule has 5 nitrogen and oxygen atoms in total. The van der Waals surface area contributed by atoms with Gasteiger partial charge in [0.1, 0.15) is 5.82 Å². The maximum atomic E-state index is 13.2. The number of aromatic nitrogens is 3. The lowest BCUT2D eigenvalue weighted by molar-refractivity contribution is 0.102. The highest BCUT2D eigenvalue weighted by Crippen LogP contribution is 2.07. The second-order valence-electron chi connectivity index (χ2n) is 2.90. The number of hydrogen-bond acceptors (Lipinski definition) is 4. The van der Waals surface area contributed by atoms with Gasteiger partial charge in [-0.15, -0.1) is 5.10 Å². The molecule has 0 unspecified atom stereocenters. The summed E-state index contributed by atoms with van der Waals surface area (Å²) in [5, 5.41) is 9.43. The van der Waals surface area contributed by atoms with E-state index in [0.717, 1.165) is 0 Å². The van der Waals surface area contributed by atoms with E-state index in [1.54, 1.807) is 6.07 Å². The van der Waals surface area contributed by atoms with Gasteiger partial charge in [-0.25, -0.2) is 9.37 Å². The monoisotopic (exact) mass is 218 g/mol. The molecule has 2 aromatic rings. The van der Waals surface area contributed by atoms with Crippen molar-refractivity contribution in [3.05, 3.63) is 48.0 Å². The van der Waals surface area contributed by atoms with E-state index in [2.05, 4.69) is 20.5 Å². The van der Waals surface area contributed by atoms with Crippen molar-refractivity contribution in [1.29, 1.82) is 0 Å². The number of halogens is 1. The Labute approximate surface area is 90.4 Å². The van der Waals surface area contributed by atoms with Gasteiger partial charge in [-0.3, -0.25) is 10.1 Å². The van der Waals surface area contributed by atoms with Crippen LogP contribution in [0.25, 0.3) is 0 Å². The summed E-state index contributed by atoms with van der Waals surface area (Å²) in [6, 6.07) is 5.66. The summed E-state index contributed by atoms with van der Waals surface area (Å²) in [7, 11) is 0. The zero-order valence-corrected chi connectivity index (χ0v) is 8.09. The molecule has 0 saturated heterocycles. The van der Waals surface area contributed by atoms with Crippen LogP contribution in [-0.4, -0.2) is 21.1 Å². The van der Waals surface area contributed by atoms with Gasteiger partial charge in [0.15, 0.2) is 0 Å². The predicted molar refractivity (Wildman–Crippen MR) is 54.2 cm³/mol. The summed E-state index contributed by atoms with van der Waals surface area (Å²) in [4.78, 5) is 15.3. The van der Waals surface area contributed by atoms with Gasteiger partial charge in [0.2, 0.25) is 5.95 Å². The van der Waals surface area contributed by atoms with Gasteiger partial charge in [0.05, 0.1) is 18.0 Å². The normalized spacial score (nSPS) is 9.81. The van der Waals surface area contributed by atoms with Gasteiger partial charge in [0, 0.05) is 0 Å². The Morgan fingerprint density at radius 1 is 1.25 bits per heavy atom. The molecule has 1 heterocycles. The SMILES string of the molecule is O=C(Nc1nccnn1)c1ccccc1F. The van der Waals surface area contributed by atoms with E-state index in [0.29, 0.717) is 0 Å². The maximum absolute atomic E-state index is 13.2. The smallest absolute Gasteiger partial charge is 0.261 e. The lowest BCUT2D eigenvalue weighted by atomic mass is 10.2. The van der Waals surface area contributed by atoms with Crippen LogP contribution in [0.2, 0.25) is 0 Å². The molecule has 1 amide bonds. The molecule has 16 heavy (non-hydrogen) atoms. The van der Waals surface area contributed by atoms with Gasteiger partial charge in [-0.2, -0.15) is 5.10 Å². The molecular weight excluding hydrogens is 211 g/mol. The van der Waals surface area contributed by atoms with Gasteiger partial charge in [0.25, 0.3) is 5.91 Å². The van der Waals surface area contributed by atoms with Crippen molar-refractivity contribution in [3.8, 4) is 0 Å². The molecule has 1 N–H and O–H groups in total. The van der Waals surface area contributed by atoms with E-state index in [9.17, 15) is 9.18 Å². The fourth-order valence-corrected chi connectivity index (χ4v) is 1.12. The summed E-state index contributed by atoms with van der Waals surface area (Å²) in [6.07, 6.45) is 2.75. The van der Waals surface area contributed by atoms with Crippen LogP contribution in [0, 0.1) is 5.82 Å². The minimum atomic E-state index is -0.605. The van der Waals surface area contributed by atoms with Crippen LogP contribution in [0.5, 0.6) is 0 Å². The lowest BCUT2D eigenvalue weighted by Crippen LogP contribution is -2.15. The number of carbonyl (C=O) groups is 1. The first-order chi connectivity index (χ1) is 7.77. The first-order valence-electron chi connectivity index (χ1n) is 4.47. The molecule has 2 rings (SSSR count). The van der Waals surface area contributed by atoms with Crippen LogP contribution in [-0.2, 0) is 0 Å². The molecule has 0 atom stereocenters. The largest absolute Gasteiger partial charge is 0.289 e. The molecule has 0 saturated carbocycles. The van der Waals surface area contributed by atoms with E-state index >= 15 is 0 Å². The number of amides is 1. The average molecular weight is 218 g/mol. The second-order valence-corrected chi connectivity index (χ2v) is 2.90. The number of benzene rings is 1. The minimum Gasteiger partial charge on any atom is -0.289 e. The summed E-state index contributed by atoms with van der Waals surface area (Å²) in [5.74, 6) is -1.16. The first-order valence-corrected chi connectivity index (χ1v) is 4.47. The molecule has 0 aliphatic rings. The Hall–Kier alpha value is -2.37. The van der Waals surface area contributed by atoms with E-state index in [1.807, 2.05) is 0 Å². The zero-order chi connectivity index (χ0) is 11.4. The third-order valence-electron chi connectivity index (χ3n) is 1.83. The quantitative estimate of drug-likeness (QED) is 0.824. The molecule has 0 aliphatic carbocycles. The highest BCUT2D eigenvalue weighted by atomic mass is 19.1. The van der Waals surface area contributed by atoms with Crippen LogP contribution in [0.4, 0.5) is 10.3 Å². The number of nitrogens with one attached hydrogen (secondary N) is 1. The van der Waals surface area contributed by atoms with Gasteiger partial charge >= 0.3 is 0 Å². The molecule has 0 spiro atoms. The van der Waals surface area contributed by atoms with Gasteiger partial charge < -0.3 is 0 Å². The Balaban J connectivity index is 2.19. The Morgan fingerprint density at radius 2 is 2.06 bits per heavy atom. The fraction of sp³-hybridized carbons (Fsp3) is 0. The van der Waals surface area contributed by atoms with Gasteiger partial charge in [-0.05, 0) is 12.1 Å². The molecular formula is C10H7FN4O. The number of rotatable bonds is 2. The summed E-state index contributed by atoms with van der Waals surface area (Å²) >= 11 is 0. The molecule has 80 valence electrons. The van der Waals surface area contributed by atoms with Gasteiger partial charge in [-0.1, -0.05) is 12.1 Å².